The summed E-state index contributed by atoms with van der Waals surface area (Å²) in [6, 6.07) is 11.2. The molecular weight excluding hydrogens is 379 g/mol. The number of carbonyl (C=O) groups excluding carboxylic acids is 1. The Morgan fingerprint density at radius 1 is 1.25 bits per heavy atom. The van der Waals surface area contributed by atoms with E-state index in [-0.39, 0.29) is 18.0 Å². The first-order chi connectivity index (χ1) is 11.5. The van der Waals surface area contributed by atoms with Crippen molar-refractivity contribution in [2.45, 2.75) is 13.5 Å². The molecule has 0 saturated heterocycles. The zero-order valence-corrected chi connectivity index (χ0v) is 14.2. The normalized spacial score (nSPS) is 10.8. The van der Waals surface area contributed by atoms with E-state index in [1.54, 1.807) is 36.4 Å². The number of hydrogen-bond acceptors (Lipinski definition) is 4. The Labute approximate surface area is 144 Å². The molecule has 7 heteroatoms. The van der Waals surface area contributed by atoms with Gasteiger partial charge >= 0.3 is 5.97 Å². The van der Waals surface area contributed by atoms with Crippen LogP contribution >= 0.6 is 15.9 Å². The molecule has 0 fully saturated rings. The molecule has 0 amide bonds. The Kier molecular flexibility index (Phi) is 4.44. The number of carbonyl (C=O) groups is 1. The molecule has 0 atom stereocenters. The van der Waals surface area contributed by atoms with Gasteiger partial charge in [-0.05, 0) is 24.3 Å². The number of aromatic nitrogens is 2. The zero-order chi connectivity index (χ0) is 17.3. The Morgan fingerprint density at radius 3 is 2.62 bits per heavy atom. The van der Waals surface area contributed by atoms with Gasteiger partial charge in [0.2, 0.25) is 5.88 Å². The van der Waals surface area contributed by atoms with Gasteiger partial charge in [-0.15, -0.1) is 5.10 Å². The predicted molar refractivity (Wildman–Crippen MR) is 90.5 cm³/mol. The van der Waals surface area contributed by atoms with Crippen molar-refractivity contribution in [3.63, 3.8) is 0 Å². The van der Waals surface area contributed by atoms with Crippen molar-refractivity contribution in [1.29, 1.82) is 0 Å². The van der Waals surface area contributed by atoms with Gasteiger partial charge in [0.05, 0.1) is 17.3 Å². The Morgan fingerprint density at radius 2 is 1.96 bits per heavy atom. The lowest BCUT2D eigenvalue weighted by molar-refractivity contribution is -0.132. The summed E-state index contributed by atoms with van der Waals surface area (Å²) in [6.07, 6.45) is 0. The summed E-state index contributed by atoms with van der Waals surface area (Å²) in [5, 5.41) is 4.87. The number of nitrogens with zero attached hydrogens (tertiary/aromatic N) is 2. The third-order valence-electron chi connectivity index (χ3n) is 3.41. The second kappa shape index (κ2) is 6.52. The highest BCUT2D eigenvalue weighted by Crippen LogP contribution is 2.21. The van der Waals surface area contributed by atoms with Gasteiger partial charge in [0.25, 0.3) is 5.56 Å². The third-order valence-corrected chi connectivity index (χ3v) is 3.90. The maximum atomic E-state index is 14.0. The van der Waals surface area contributed by atoms with E-state index in [4.69, 9.17) is 4.74 Å². The monoisotopic (exact) mass is 390 g/mol. The van der Waals surface area contributed by atoms with Crippen LogP contribution in [0.2, 0.25) is 0 Å². The molecule has 3 rings (SSSR count). The van der Waals surface area contributed by atoms with Crippen molar-refractivity contribution in [1.82, 2.24) is 9.78 Å². The lowest BCUT2D eigenvalue weighted by atomic mass is 10.2. The minimum absolute atomic E-state index is 0.0234. The molecular formula is C17H12BrFN2O3. The number of benzene rings is 2. The average molecular weight is 391 g/mol. The maximum absolute atomic E-state index is 14.0. The smallest absolute Gasteiger partial charge is 0.309 e. The van der Waals surface area contributed by atoms with Crippen LogP contribution in [0.3, 0.4) is 0 Å². The molecule has 0 aliphatic rings. The minimum Gasteiger partial charge on any atom is -0.405 e. The van der Waals surface area contributed by atoms with Crippen LogP contribution in [-0.4, -0.2) is 15.7 Å². The van der Waals surface area contributed by atoms with Gasteiger partial charge in [-0.2, -0.15) is 0 Å². The minimum atomic E-state index is -0.548. The molecule has 0 aliphatic heterocycles. The van der Waals surface area contributed by atoms with Gasteiger partial charge in [-0.1, -0.05) is 34.1 Å². The van der Waals surface area contributed by atoms with Crippen LogP contribution in [0.1, 0.15) is 12.5 Å². The van der Waals surface area contributed by atoms with E-state index in [1.165, 1.54) is 13.0 Å². The molecule has 122 valence electrons. The fraction of sp³-hybridized carbons (Fsp3) is 0.118. The second-order valence-corrected chi connectivity index (χ2v) is 6.06. The van der Waals surface area contributed by atoms with Crippen molar-refractivity contribution < 1.29 is 13.9 Å². The lowest BCUT2D eigenvalue weighted by Crippen LogP contribution is -2.25. The summed E-state index contributed by atoms with van der Waals surface area (Å²) in [7, 11) is 0. The van der Waals surface area contributed by atoms with Crippen molar-refractivity contribution in [2.24, 2.45) is 0 Å². The predicted octanol–water partition coefficient (Wildman–Crippen LogP) is 3.27. The van der Waals surface area contributed by atoms with Gasteiger partial charge in [0.1, 0.15) is 5.82 Å². The highest BCUT2D eigenvalue weighted by molar-refractivity contribution is 9.10. The Hall–Kier alpha value is -2.54. The first-order valence-corrected chi connectivity index (χ1v) is 7.87. The first-order valence-electron chi connectivity index (χ1n) is 7.08. The average Bonchev–Trinajstić information content (AvgIpc) is 2.54. The molecule has 0 spiro atoms. The van der Waals surface area contributed by atoms with E-state index < -0.39 is 11.8 Å². The van der Waals surface area contributed by atoms with Crippen LogP contribution in [0.4, 0.5) is 4.39 Å². The van der Waals surface area contributed by atoms with Gasteiger partial charge in [-0.25, -0.2) is 9.07 Å². The van der Waals surface area contributed by atoms with E-state index in [1.807, 2.05) is 0 Å². The SMILES string of the molecule is CC(=O)Oc1nn(Cc2ccc(Br)cc2F)c(=O)c2ccccc12. The standard InChI is InChI=1S/C17H12BrFN2O3/c1-10(22)24-16-13-4-2-3-5-14(13)17(23)21(20-16)9-11-6-7-12(18)8-15(11)19/h2-8H,9H2,1H3. The van der Waals surface area contributed by atoms with Crippen LogP contribution in [0.25, 0.3) is 10.8 Å². The number of rotatable bonds is 3. The van der Waals surface area contributed by atoms with Crippen LogP contribution in [-0.2, 0) is 11.3 Å². The number of ether oxygens (including phenoxy) is 1. The van der Waals surface area contributed by atoms with Gasteiger partial charge in [0.15, 0.2) is 0 Å². The Balaban J connectivity index is 2.15. The zero-order valence-electron chi connectivity index (χ0n) is 12.6. The summed E-state index contributed by atoms with van der Waals surface area (Å²) in [5.74, 6) is -0.983. The maximum Gasteiger partial charge on any atom is 0.309 e. The van der Waals surface area contributed by atoms with E-state index in [9.17, 15) is 14.0 Å². The number of esters is 1. The van der Waals surface area contributed by atoms with Crippen molar-refractivity contribution in [2.75, 3.05) is 0 Å². The molecule has 0 aliphatic carbocycles. The summed E-state index contributed by atoms with van der Waals surface area (Å²) < 4.78 is 20.8. The van der Waals surface area contributed by atoms with Crippen LogP contribution < -0.4 is 10.3 Å². The fourth-order valence-corrected chi connectivity index (χ4v) is 2.67. The number of hydrogen-bond donors (Lipinski definition) is 0. The summed E-state index contributed by atoms with van der Waals surface area (Å²) in [4.78, 5) is 23.9. The van der Waals surface area contributed by atoms with E-state index in [0.717, 1.165) is 4.68 Å². The van der Waals surface area contributed by atoms with Gasteiger partial charge in [-0.3, -0.25) is 9.59 Å². The van der Waals surface area contributed by atoms with E-state index in [0.29, 0.717) is 20.8 Å². The number of fused-ring (bicyclic) bond motifs is 1. The van der Waals surface area contributed by atoms with Crippen molar-refractivity contribution in [3.8, 4) is 5.88 Å². The molecule has 2 aromatic carbocycles. The summed E-state index contributed by atoms with van der Waals surface area (Å²) in [6.45, 7) is 1.18. The van der Waals surface area contributed by atoms with Crippen LogP contribution in [0.15, 0.2) is 51.7 Å². The molecule has 0 N–H and O–H groups in total. The summed E-state index contributed by atoms with van der Waals surface area (Å²) >= 11 is 3.19. The molecule has 0 radical (unpaired) electrons. The van der Waals surface area contributed by atoms with Crippen molar-refractivity contribution in [3.05, 3.63) is 68.7 Å². The highest BCUT2D eigenvalue weighted by atomic mass is 79.9. The quantitative estimate of drug-likeness (QED) is 0.643. The van der Waals surface area contributed by atoms with Crippen LogP contribution in [0.5, 0.6) is 5.88 Å². The molecule has 0 saturated carbocycles. The molecule has 24 heavy (non-hydrogen) atoms. The highest BCUT2D eigenvalue weighted by Gasteiger charge is 2.14. The molecule has 3 aromatic rings. The van der Waals surface area contributed by atoms with Crippen molar-refractivity contribution >= 4 is 32.7 Å². The molecule has 1 aromatic heterocycles. The second-order valence-electron chi connectivity index (χ2n) is 5.14. The summed E-state index contributed by atoms with van der Waals surface area (Å²) in [5.41, 5.74) is -0.0827. The first kappa shape index (κ1) is 16.3. The lowest BCUT2D eigenvalue weighted by Gasteiger charge is -2.11. The molecule has 0 bridgehead atoms. The largest absolute Gasteiger partial charge is 0.405 e. The third kappa shape index (κ3) is 3.21. The van der Waals surface area contributed by atoms with Gasteiger partial charge < -0.3 is 4.74 Å². The van der Waals surface area contributed by atoms with Crippen LogP contribution in [0, 0.1) is 5.82 Å². The van der Waals surface area contributed by atoms with Gasteiger partial charge in [0, 0.05) is 17.0 Å². The number of halogens is 2. The fourth-order valence-electron chi connectivity index (χ4n) is 2.33. The van der Waals surface area contributed by atoms with E-state index in [2.05, 4.69) is 21.0 Å². The Bertz CT molecular complexity index is 1000. The molecule has 5 nitrogen and oxygen atoms in total. The van der Waals surface area contributed by atoms with E-state index >= 15 is 0 Å². The topological polar surface area (TPSA) is 61.2 Å². The molecule has 0 unspecified atom stereocenters. The molecule has 1 heterocycles.